The van der Waals surface area contributed by atoms with E-state index in [0.717, 1.165) is 68.1 Å². The van der Waals surface area contributed by atoms with Crippen LogP contribution in [0.4, 0.5) is 35.9 Å². The molecule has 62 heavy (non-hydrogen) atoms. The van der Waals surface area contributed by atoms with E-state index >= 15 is 13.2 Å². The minimum absolute atomic E-state index is 0.0811. The summed E-state index contributed by atoms with van der Waals surface area (Å²) in [6.45, 7) is 3.58. The van der Waals surface area contributed by atoms with Gasteiger partial charge in [-0.3, -0.25) is 29.0 Å². The molecule has 0 bridgehead atoms. The van der Waals surface area contributed by atoms with Gasteiger partial charge in [-0.05, 0) is 99.2 Å². The Labute approximate surface area is 356 Å². The topological polar surface area (TPSA) is 191 Å². The number of fused-ring (bicyclic) bond motifs is 1. The summed E-state index contributed by atoms with van der Waals surface area (Å²) in [5.74, 6) is -2.88. The molecule has 2 amide bonds. The number of ether oxygens (including phenoxy) is 1. The molecule has 1 aromatic heterocycles. The molecule has 4 heterocycles. The summed E-state index contributed by atoms with van der Waals surface area (Å²) in [5, 5.41) is 17.5. The van der Waals surface area contributed by atoms with Crippen molar-refractivity contribution >= 4 is 55.7 Å². The maximum absolute atomic E-state index is 16.3. The monoisotopic (exact) mass is 875 g/mol. The summed E-state index contributed by atoms with van der Waals surface area (Å²) in [6.07, 6.45) is 7.52. The molecule has 1 saturated carbocycles. The van der Waals surface area contributed by atoms with Crippen LogP contribution in [0.15, 0.2) is 53.6 Å². The molecule has 4 N–H and O–H groups in total. The third-order valence-corrected chi connectivity index (χ3v) is 14.6. The van der Waals surface area contributed by atoms with Gasteiger partial charge in [-0.1, -0.05) is 13.0 Å². The van der Waals surface area contributed by atoms with Gasteiger partial charge in [0, 0.05) is 44.8 Å². The maximum atomic E-state index is 16.3. The number of hydrogen-bond acceptors (Lipinski definition) is 11. The Morgan fingerprint density at radius 3 is 2.42 bits per heavy atom. The number of nitriles is 1. The van der Waals surface area contributed by atoms with Gasteiger partial charge in [0.05, 0.1) is 47.2 Å². The highest BCUT2D eigenvalue weighted by Gasteiger charge is 2.45. The number of halogens is 3. The number of aromatic nitrogens is 2. The first-order valence-corrected chi connectivity index (χ1v) is 22.3. The Morgan fingerprint density at radius 2 is 1.73 bits per heavy atom. The van der Waals surface area contributed by atoms with Gasteiger partial charge in [0.1, 0.15) is 34.7 Å². The quantitative estimate of drug-likeness (QED) is 0.134. The third kappa shape index (κ3) is 8.48. The molecule has 328 valence electrons. The molecule has 8 rings (SSSR count). The Hall–Kier alpha value is -5.55. The number of piperidine rings is 2. The van der Waals surface area contributed by atoms with Crippen molar-refractivity contribution in [3.63, 3.8) is 0 Å². The number of anilines is 4. The predicted molar refractivity (Wildman–Crippen MR) is 226 cm³/mol. The van der Waals surface area contributed by atoms with Crippen LogP contribution in [-0.2, 0) is 24.5 Å². The van der Waals surface area contributed by atoms with Gasteiger partial charge in [0.25, 0.3) is 5.56 Å². The Kier molecular flexibility index (Phi) is 12.0. The van der Waals surface area contributed by atoms with E-state index < -0.39 is 62.2 Å². The zero-order chi connectivity index (χ0) is 43.9. The molecule has 1 aliphatic carbocycles. The lowest BCUT2D eigenvalue weighted by molar-refractivity contribution is -0.133. The van der Waals surface area contributed by atoms with Crippen LogP contribution in [0.5, 0.6) is 0 Å². The Balaban J connectivity index is 0.894. The first kappa shape index (κ1) is 43.1. The number of carbonyl (C=O) groups excluding carboxylic acids is 2. The van der Waals surface area contributed by atoms with Crippen LogP contribution in [0.1, 0.15) is 87.8 Å². The Bertz CT molecular complexity index is 2620. The highest BCUT2D eigenvalue weighted by Crippen LogP contribution is 2.43. The molecular formula is C43H48F3N9O6S. The van der Waals surface area contributed by atoms with Crippen LogP contribution >= 0.6 is 0 Å². The molecule has 4 aliphatic rings. The van der Waals surface area contributed by atoms with Gasteiger partial charge in [0.15, 0.2) is 5.82 Å². The van der Waals surface area contributed by atoms with Gasteiger partial charge in [0.2, 0.25) is 11.8 Å². The average molecular weight is 876 g/mol. The van der Waals surface area contributed by atoms with Gasteiger partial charge in [-0.25, -0.2) is 18.2 Å². The van der Waals surface area contributed by atoms with Crippen molar-refractivity contribution < 1.29 is 35.9 Å². The lowest BCUT2D eigenvalue weighted by atomic mass is 9.79. The van der Waals surface area contributed by atoms with Crippen LogP contribution < -0.4 is 26.2 Å². The van der Waals surface area contributed by atoms with Crippen LogP contribution in [-0.4, -0.2) is 90.0 Å². The van der Waals surface area contributed by atoms with E-state index in [4.69, 9.17) is 4.74 Å². The number of carbonyl (C=O) groups is 2. The maximum Gasteiger partial charge on any atom is 0.301 e. The summed E-state index contributed by atoms with van der Waals surface area (Å²) in [7, 11) is -2.74. The fourth-order valence-corrected chi connectivity index (χ4v) is 10.3. The third-order valence-electron chi connectivity index (χ3n) is 13.0. The standard InChI is InChI=1S/C43H48F3N9O6S/c1-3-53(2)62(59,60)52-33-11-10-31(44)40(30(33)22-47)50-35-13-12-34-38(39(35)46)42(58)55(24-48-34)28-21-43(61-23-28)16-18-54(19-17-43)27-7-4-25(5-8-27)29-9-6-26(20-32(29)45)49-36-14-15-37(56)51-41(36)57/h6,9-13,20,24-25,27-28,36,49-50,52H,3-5,7-8,14-19,21,23H2,1-2H3,(H,51,56,57)/t25?,27?,28-,36?/m0/s1. The zero-order valence-corrected chi connectivity index (χ0v) is 35.2. The SMILES string of the molecule is CCN(C)S(=O)(=O)Nc1ccc(F)c(Nc2ccc3ncn([C@@H]4COC5(CCN(C6CCC(c7ccc(NC8CCC(=O)NC8=O)cc7F)CC6)CC5)C4)c(=O)c3c2F)c1C#N. The van der Waals surface area contributed by atoms with Crippen molar-refractivity contribution in [2.75, 3.05) is 48.6 Å². The van der Waals surface area contributed by atoms with E-state index in [2.05, 4.69) is 30.6 Å². The fraction of sp³-hybridized carbons (Fsp3) is 0.465. The van der Waals surface area contributed by atoms with Gasteiger partial charge < -0.3 is 20.3 Å². The van der Waals surface area contributed by atoms with E-state index in [0.29, 0.717) is 30.1 Å². The van der Waals surface area contributed by atoms with Crippen molar-refractivity contribution in [1.82, 2.24) is 24.1 Å². The molecule has 3 aliphatic heterocycles. The summed E-state index contributed by atoms with van der Waals surface area (Å²) in [5.41, 5.74) is -1.26. The largest absolute Gasteiger partial charge is 0.374 e. The molecule has 1 spiro atoms. The summed E-state index contributed by atoms with van der Waals surface area (Å²) in [4.78, 5) is 44.4. The number of likely N-dealkylation sites (tertiary alicyclic amines) is 1. The number of hydrogen-bond donors (Lipinski definition) is 4. The van der Waals surface area contributed by atoms with Crippen LogP contribution in [0.25, 0.3) is 10.9 Å². The predicted octanol–water partition coefficient (Wildman–Crippen LogP) is 5.78. The van der Waals surface area contributed by atoms with Crippen LogP contribution in [0.2, 0.25) is 0 Å². The van der Waals surface area contributed by atoms with E-state index in [1.807, 2.05) is 0 Å². The lowest BCUT2D eigenvalue weighted by Gasteiger charge is -2.44. The fourth-order valence-electron chi connectivity index (χ4n) is 9.34. The van der Waals surface area contributed by atoms with Gasteiger partial charge in [-0.15, -0.1) is 0 Å². The molecular weight excluding hydrogens is 828 g/mol. The number of benzene rings is 3. The minimum atomic E-state index is -4.07. The molecule has 4 fully saturated rings. The van der Waals surface area contributed by atoms with E-state index in [9.17, 15) is 28.1 Å². The second-order valence-electron chi connectivity index (χ2n) is 16.7. The van der Waals surface area contributed by atoms with Crippen LogP contribution in [0.3, 0.4) is 0 Å². The minimum Gasteiger partial charge on any atom is -0.374 e. The molecule has 2 atom stereocenters. The number of rotatable bonds is 11. The second-order valence-corrected chi connectivity index (χ2v) is 18.4. The van der Waals surface area contributed by atoms with Gasteiger partial charge in [-0.2, -0.15) is 18.0 Å². The second kappa shape index (κ2) is 17.3. The van der Waals surface area contributed by atoms with Crippen molar-refractivity contribution in [2.45, 2.75) is 94.4 Å². The zero-order valence-electron chi connectivity index (χ0n) is 34.3. The van der Waals surface area contributed by atoms with E-state index in [1.54, 1.807) is 25.1 Å². The number of nitrogens with zero attached hydrogens (tertiary/aromatic N) is 5. The summed E-state index contributed by atoms with van der Waals surface area (Å²) in [6, 6.07) is 10.9. The summed E-state index contributed by atoms with van der Waals surface area (Å²) < 4.78 is 83.3. The van der Waals surface area contributed by atoms with E-state index in [1.165, 1.54) is 36.1 Å². The van der Waals surface area contributed by atoms with Crippen molar-refractivity contribution in [3.8, 4) is 6.07 Å². The van der Waals surface area contributed by atoms with E-state index in [-0.39, 0.29) is 59.5 Å². The Morgan fingerprint density at radius 1 is 0.984 bits per heavy atom. The van der Waals surface area contributed by atoms with Crippen LogP contribution in [0, 0.1) is 28.8 Å². The van der Waals surface area contributed by atoms with Crippen molar-refractivity contribution in [3.05, 3.63) is 87.7 Å². The average Bonchev–Trinajstić information content (AvgIpc) is 3.66. The molecule has 3 saturated heterocycles. The molecule has 1 unspecified atom stereocenters. The first-order valence-electron chi connectivity index (χ1n) is 20.9. The number of nitrogens with one attached hydrogen (secondary N) is 4. The highest BCUT2D eigenvalue weighted by molar-refractivity contribution is 7.90. The smallest absolute Gasteiger partial charge is 0.301 e. The highest BCUT2D eigenvalue weighted by atomic mass is 32.2. The number of amides is 2. The number of imide groups is 1. The lowest BCUT2D eigenvalue weighted by Crippen LogP contribution is -2.49. The molecule has 4 aromatic rings. The molecule has 3 aromatic carbocycles. The first-order chi connectivity index (χ1) is 29.7. The molecule has 15 nitrogen and oxygen atoms in total. The van der Waals surface area contributed by atoms with Crippen molar-refractivity contribution in [1.29, 1.82) is 5.26 Å². The van der Waals surface area contributed by atoms with Crippen molar-refractivity contribution in [2.24, 2.45) is 0 Å². The summed E-state index contributed by atoms with van der Waals surface area (Å²) >= 11 is 0. The molecule has 0 radical (unpaired) electrons. The normalized spacial score (nSPS) is 23.0. The van der Waals surface area contributed by atoms with Gasteiger partial charge >= 0.3 is 10.2 Å². The molecule has 19 heteroatoms.